The monoisotopic (exact) mass is 856 g/mol. The summed E-state index contributed by atoms with van der Waals surface area (Å²) in [5, 5.41) is 23.3. The van der Waals surface area contributed by atoms with Crippen molar-refractivity contribution in [3.8, 4) is 12.1 Å². The zero-order valence-corrected chi connectivity index (χ0v) is 32.6. The Kier molecular flexibility index (Phi) is 15.8. The standard InChI is InChI=1S/2C18H19F3N6O.2ClH/c2*1-10-6-12(26-17(28)16(23)18(19,20)21)9-27(8-10)13-3-2-11(7-22)14-15(13)25-5-4-24-14;;/h2*2-5,10,12,16H,6,8-9,23H2,1H3,(H,26,28);2*1H/t2*10-,12+,16?;;/m00../s1. The highest BCUT2D eigenvalue weighted by Crippen LogP contribution is 2.32. The van der Waals surface area contributed by atoms with Gasteiger partial charge in [0.1, 0.15) is 34.2 Å². The van der Waals surface area contributed by atoms with Gasteiger partial charge in [0.15, 0.2) is 12.1 Å². The maximum Gasteiger partial charge on any atom is 0.412 e. The highest BCUT2D eigenvalue weighted by atomic mass is 35.5. The molecule has 2 aromatic carbocycles. The maximum absolute atomic E-state index is 12.7. The number of halogens is 8. The van der Waals surface area contributed by atoms with E-state index in [2.05, 4.69) is 42.7 Å². The lowest BCUT2D eigenvalue weighted by Crippen LogP contribution is -2.57. The van der Waals surface area contributed by atoms with Crippen LogP contribution in [-0.4, -0.2) is 94.4 Å². The average molecular weight is 858 g/mol. The zero-order valence-electron chi connectivity index (χ0n) is 31.0. The molecule has 6 atom stereocenters. The van der Waals surface area contributed by atoms with Gasteiger partial charge >= 0.3 is 12.4 Å². The fraction of sp³-hybridized carbons (Fsp3) is 0.444. The molecule has 6 N–H and O–H groups in total. The van der Waals surface area contributed by atoms with Crippen LogP contribution in [0.25, 0.3) is 22.1 Å². The molecule has 0 saturated carbocycles. The molecular weight excluding hydrogens is 817 g/mol. The summed E-state index contributed by atoms with van der Waals surface area (Å²) in [6, 6.07) is 4.81. The van der Waals surface area contributed by atoms with Crippen molar-refractivity contribution >= 4 is 70.1 Å². The number of nitriles is 2. The number of nitrogens with two attached hydrogens (primary N) is 2. The van der Waals surface area contributed by atoms with Gasteiger partial charge in [0, 0.05) is 63.1 Å². The molecule has 22 heteroatoms. The summed E-state index contributed by atoms with van der Waals surface area (Å²) in [6.45, 7) is 5.78. The number of rotatable bonds is 6. The van der Waals surface area contributed by atoms with Crippen LogP contribution in [-0.2, 0) is 9.59 Å². The maximum atomic E-state index is 12.7. The third-order valence-corrected chi connectivity index (χ3v) is 9.41. The number of anilines is 2. The lowest BCUT2D eigenvalue weighted by Gasteiger charge is -2.38. The van der Waals surface area contributed by atoms with E-state index in [0.717, 1.165) is 0 Å². The molecule has 2 unspecified atom stereocenters. The van der Waals surface area contributed by atoms with Gasteiger partial charge in [0.05, 0.1) is 22.5 Å². The number of hydrogen-bond acceptors (Lipinski definition) is 12. The summed E-state index contributed by atoms with van der Waals surface area (Å²) in [7, 11) is 0. The highest BCUT2D eigenvalue weighted by molar-refractivity contribution is 5.93. The number of hydrogen-bond donors (Lipinski definition) is 4. The van der Waals surface area contributed by atoms with Crippen LogP contribution in [0.3, 0.4) is 0 Å². The highest BCUT2D eigenvalue weighted by Gasteiger charge is 2.44. The van der Waals surface area contributed by atoms with Crippen LogP contribution in [0, 0.1) is 34.5 Å². The van der Waals surface area contributed by atoms with Gasteiger partial charge in [0.2, 0.25) is 11.8 Å². The summed E-state index contributed by atoms with van der Waals surface area (Å²) in [5.41, 5.74) is 14.2. The predicted molar refractivity (Wildman–Crippen MR) is 207 cm³/mol. The first-order valence-electron chi connectivity index (χ1n) is 17.4. The van der Waals surface area contributed by atoms with Crippen LogP contribution in [0.5, 0.6) is 0 Å². The molecule has 6 rings (SSSR count). The Morgan fingerprint density at radius 1 is 0.655 bits per heavy atom. The van der Waals surface area contributed by atoms with Crippen LogP contribution in [0.2, 0.25) is 0 Å². The van der Waals surface area contributed by atoms with Crippen LogP contribution in [0.4, 0.5) is 37.7 Å². The van der Waals surface area contributed by atoms with E-state index >= 15 is 0 Å². The van der Waals surface area contributed by atoms with Gasteiger partial charge in [-0.25, -0.2) is 0 Å². The normalized spacial score (nSPS) is 20.5. The molecule has 2 aliphatic heterocycles. The van der Waals surface area contributed by atoms with Crippen molar-refractivity contribution in [1.82, 2.24) is 30.6 Å². The number of amides is 2. The molecule has 14 nitrogen and oxygen atoms in total. The van der Waals surface area contributed by atoms with Crippen molar-refractivity contribution in [2.75, 3.05) is 36.0 Å². The molecule has 2 amide bonds. The van der Waals surface area contributed by atoms with Gasteiger partial charge in [-0.2, -0.15) is 36.9 Å². The minimum absolute atomic E-state index is 0. The Balaban J connectivity index is 0.000000300. The molecule has 0 aliphatic carbocycles. The molecule has 0 bridgehead atoms. The van der Waals surface area contributed by atoms with Crippen molar-refractivity contribution in [1.29, 1.82) is 10.5 Å². The Hall–Kier alpha value is -5.28. The number of carbonyl (C=O) groups is 2. The third-order valence-electron chi connectivity index (χ3n) is 9.41. The lowest BCUT2D eigenvalue weighted by molar-refractivity contribution is -0.164. The Morgan fingerprint density at radius 3 is 1.29 bits per heavy atom. The van der Waals surface area contributed by atoms with Gasteiger partial charge < -0.3 is 31.9 Å². The Labute approximate surface area is 341 Å². The fourth-order valence-corrected chi connectivity index (χ4v) is 6.96. The number of nitrogens with one attached hydrogen (secondary N) is 2. The number of alkyl halides is 6. The van der Waals surface area contributed by atoms with Crippen molar-refractivity contribution in [3.63, 3.8) is 0 Å². The van der Waals surface area contributed by atoms with Crippen LogP contribution >= 0.6 is 24.8 Å². The Morgan fingerprint density at radius 2 is 0.983 bits per heavy atom. The van der Waals surface area contributed by atoms with Crippen molar-refractivity contribution < 1.29 is 35.9 Å². The van der Waals surface area contributed by atoms with Gasteiger partial charge in [-0.3, -0.25) is 29.5 Å². The van der Waals surface area contributed by atoms with Gasteiger partial charge in [-0.05, 0) is 48.9 Å². The molecule has 2 saturated heterocycles. The van der Waals surface area contributed by atoms with E-state index < -0.39 is 48.3 Å². The minimum Gasteiger partial charge on any atom is -0.367 e. The number of nitrogens with zero attached hydrogens (tertiary/aromatic N) is 8. The van der Waals surface area contributed by atoms with Crippen LogP contribution in [0.1, 0.15) is 37.8 Å². The molecule has 2 aliphatic rings. The third kappa shape index (κ3) is 11.0. The second-order valence-corrected chi connectivity index (χ2v) is 13.9. The second-order valence-electron chi connectivity index (χ2n) is 13.9. The first-order chi connectivity index (χ1) is 26.4. The molecule has 0 radical (unpaired) electrons. The first kappa shape index (κ1) is 47.1. The summed E-state index contributed by atoms with van der Waals surface area (Å²) in [5.74, 6) is -2.25. The number of piperidine rings is 2. The largest absolute Gasteiger partial charge is 0.412 e. The molecule has 2 fully saturated rings. The SMILES string of the molecule is C[C@H]1C[C@@H](NC(=O)C(N)C(F)(F)F)CN(c2ccc(C#N)c3nccnc23)C1.C[C@H]1C[C@@H](NC(=O)C(N)C(F)(F)F)CN(c2ccc(C#N)c3nccnc23)C1.Cl.Cl. The summed E-state index contributed by atoms with van der Waals surface area (Å²) in [6.07, 6.45) is -2.49. The molecule has 4 heterocycles. The number of benzene rings is 2. The van der Waals surface area contributed by atoms with Crippen molar-refractivity contribution in [3.05, 3.63) is 60.2 Å². The minimum atomic E-state index is -4.79. The predicted octanol–water partition coefficient (Wildman–Crippen LogP) is 4.29. The van der Waals surface area contributed by atoms with Gasteiger partial charge in [-0.15, -0.1) is 24.8 Å². The van der Waals surface area contributed by atoms with Crippen LogP contribution < -0.4 is 31.9 Å². The van der Waals surface area contributed by atoms with E-state index in [0.29, 0.717) is 83.6 Å². The average Bonchev–Trinajstić information content (AvgIpc) is 3.15. The van der Waals surface area contributed by atoms with E-state index in [1.165, 1.54) is 24.8 Å². The second kappa shape index (κ2) is 19.4. The molecule has 4 aromatic rings. The fourth-order valence-electron chi connectivity index (χ4n) is 6.96. The number of carbonyl (C=O) groups excluding carboxylic acids is 2. The number of fused-ring (bicyclic) bond motifs is 2. The summed E-state index contributed by atoms with van der Waals surface area (Å²) < 4.78 is 76.1. The summed E-state index contributed by atoms with van der Waals surface area (Å²) in [4.78, 5) is 44.7. The first-order valence-corrected chi connectivity index (χ1v) is 17.4. The van der Waals surface area contributed by atoms with Gasteiger partial charge in [-0.1, -0.05) is 13.8 Å². The Bertz CT molecular complexity index is 2020. The smallest absolute Gasteiger partial charge is 0.367 e. The van der Waals surface area contributed by atoms with E-state index in [9.17, 15) is 46.5 Å². The van der Waals surface area contributed by atoms with Crippen molar-refractivity contribution in [2.24, 2.45) is 23.3 Å². The molecule has 58 heavy (non-hydrogen) atoms. The van der Waals surface area contributed by atoms with Crippen molar-refractivity contribution in [2.45, 2.75) is 63.2 Å². The zero-order chi connectivity index (χ0) is 40.9. The van der Waals surface area contributed by atoms with E-state index in [1.807, 2.05) is 23.6 Å². The van der Waals surface area contributed by atoms with Crippen LogP contribution in [0.15, 0.2) is 49.1 Å². The van der Waals surface area contributed by atoms with E-state index in [4.69, 9.17) is 11.5 Å². The number of aromatic nitrogens is 4. The quantitative estimate of drug-likeness (QED) is 0.200. The molecular formula is C36H40Cl2F6N12O2. The molecule has 2 aromatic heterocycles. The molecule has 312 valence electrons. The van der Waals surface area contributed by atoms with E-state index in [-0.39, 0.29) is 36.6 Å². The lowest BCUT2D eigenvalue weighted by atomic mass is 9.94. The van der Waals surface area contributed by atoms with E-state index in [1.54, 1.807) is 24.3 Å². The van der Waals surface area contributed by atoms with Gasteiger partial charge in [0.25, 0.3) is 0 Å². The summed E-state index contributed by atoms with van der Waals surface area (Å²) >= 11 is 0. The molecule has 0 spiro atoms. The topological polar surface area (TPSA) is 216 Å².